The molecule has 0 spiro atoms. The number of Topliss-reactive ketones (excluding diaryl/α,β-unsaturated/α-hetero) is 1. The number of anilines is 1. The maximum Gasteiger partial charge on any atom is 0.179 e. The van der Waals surface area contributed by atoms with Gasteiger partial charge in [-0.25, -0.2) is 0 Å². The van der Waals surface area contributed by atoms with E-state index in [1.54, 1.807) is 0 Å². The zero-order valence-corrected chi connectivity index (χ0v) is 15.0. The molecule has 0 radical (unpaired) electrons. The average Bonchev–Trinajstić information content (AvgIpc) is 2.66. The number of benzene rings is 1. The molecule has 1 saturated heterocycles. The smallest absolute Gasteiger partial charge is 0.179 e. The second-order valence-electron chi connectivity index (χ2n) is 6.75. The predicted molar refractivity (Wildman–Crippen MR) is 97.1 cm³/mol. The number of ether oxygens (including phenoxy) is 1. The second-order valence-corrected chi connectivity index (χ2v) is 6.75. The Morgan fingerprint density at radius 3 is 2.71 bits per heavy atom. The maximum atomic E-state index is 12.9. The van der Waals surface area contributed by atoms with Crippen molar-refractivity contribution in [2.45, 2.75) is 39.3 Å². The highest BCUT2D eigenvalue weighted by atomic mass is 16.5. The van der Waals surface area contributed by atoms with Gasteiger partial charge in [0.1, 0.15) is 11.9 Å². The Hall–Kier alpha value is -1.59. The molecule has 132 valence electrons. The predicted octanol–water partition coefficient (Wildman–Crippen LogP) is 2.48. The number of likely N-dealkylation sites (N-methyl/N-ethyl adjacent to an activating group) is 1. The van der Waals surface area contributed by atoms with Crippen molar-refractivity contribution >= 4 is 11.5 Å². The van der Waals surface area contributed by atoms with E-state index in [0.29, 0.717) is 0 Å². The van der Waals surface area contributed by atoms with Gasteiger partial charge in [-0.2, -0.15) is 0 Å². The molecule has 1 N–H and O–H groups in total. The van der Waals surface area contributed by atoms with Gasteiger partial charge >= 0.3 is 0 Å². The van der Waals surface area contributed by atoms with Crippen LogP contribution >= 0.6 is 0 Å². The van der Waals surface area contributed by atoms with Crippen molar-refractivity contribution in [2.24, 2.45) is 0 Å². The van der Waals surface area contributed by atoms with Crippen LogP contribution in [0.1, 0.15) is 37.6 Å². The van der Waals surface area contributed by atoms with Crippen LogP contribution in [-0.4, -0.2) is 67.0 Å². The van der Waals surface area contributed by atoms with Crippen LogP contribution < -0.4 is 10.1 Å². The Labute approximate surface area is 145 Å². The molecule has 2 atom stereocenters. The maximum absolute atomic E-state index is 12.9. The van der Waals surface area contributed by atoms with Crippen molar-refractivity contribution in [3.8, 4) is 5.75 Å². The molecule has 3 rings (SSSR count). The van der Waals surface area contributed by atoms with Crippen LogP contribution in [0.15, 0.2) is 18.2 Å². The minimum Gasteiger partial charge on any atom is -0.486 e. The Kier molecular flexibility index (Phi) is 5.41. The zero-order chi connectivity index (χ0) is 17.1. The van der Waals surface area contributed by atoms with Crippen LogP contribution in [0.25, 0.3) is 0 Å². The zero-order valence-electron chi connectivity index (χ0n) is 15.0. The molecule has 2 unspecified atom stereocenters. The molecule has 2 aliphatic rings. The van der Waals surface area contributed by atoms with Crippen molar-refractivity contribution in [3.63, 3.8) is 0 Å². The fraction of sp³-hybridized carbons (Fsp3) is 0.632. The van der Waals surface area contributed by atoms with Gasteiger partial charge in [-0.05, 0) is 38.1 Å². The summed E-state index contributed by atoms with van der Waals surface area (Å²) in [6.45, 7) is 12.3. The lowest BCUT2D eigenvalue weighted by atomic mass is 10.0. The lowest BCUT2D eigenvalue weighted by Gasteiger charge is -2.37. The normalized spacial score (nSPS) is 23.0. The molecule has 1 aromatic rings. The monoisotopic (exact) mass is 331 g/mol. The summed E-state index contributed by atoms with van der Waals surface area (Å²) in [6.07, 6.45) is 1.20. The summed E-state index contributed by atoms with van der Waals surface area (Å²) in [7, 11) is 0. The summed E-state index contributed by atoms with van der Waals surface area (Å²) in [5.74, 6) is 1.05. The molecule has 5 nitrogen and oxygen atoms in total. The minimum atomic E-state index is -0.0741. The fourth-order valence-corrected chi connectivity index (χ4v) is 3.47. The lowest BCUT2D eigenvalue weighted by Crippen LogP contribution is -2.51. The summed E-state index contributed by atoms with van der Waals surface area (Å²) in [5.41, 5.74) is 1.71. The SMILES string of the molecule is CCC1CNc2cc(C(=O)C(C)N3CCN(CC)CC3)ccc2O1. The van der Waals surface area contributed by atoms with Gasteiger partial charge < -0.3 is 15.0 Å². The van der Waals surface area contributed by atoms with Crippen LogP contribution in [0.3, 0.4) is 0 Å². The minimum absolute atomic E-state index is 0.0741. The second kappa shape index (κ2) is 7.53. The molecule has 2 aliphatic heterocycles. The molecule has 0 amide bonds. The fourth-order valence-electron chi connectivity index (χ4n) is 3.47. The number of nitrogens with one attached hydrogen (secondary N) is 1. The molecule has 1 aromatic carbocycles. The first-order chi connectivity index (χ1) is 11.6. The number of fused-ring (bicyclic) bond motifs is 1. The lowest BCUT2D eigenvalue weighted by molar-refractivity contribution is 0.0710. The van der Waals surface area contributed by atoms with Gasteiger partial charge in [0.05, 0.1) is 18.3 Å². The van der Waals surface area contributed by atoms with Gasteiger partial charge in [0, 0.05) is 31.7 Å². The molecular weight excluding hydrogens is 302 g/mol. The van der Waals surface area contributed by atoms with E-state index >= 15 is 0 Å². The highest BCUT2D eigenvalue weighted by molar-refractivity contribution is 6.01. The van der Waals surface area contributed by atoms with E-state index in [1.807, 2.05) is 25.1 Å². The Morgan fingerprint density at radius 2 is 2.04 bits per heavy atom. The molecule has 1 fully saturated rings. The van der Waals surface area contributed by atoms with E-state index in [2.05, 4.69) is 29.0 Å². The molecule has 5 heteroatoms. The summed E-state index contributed by atoms with van der Waals surface area (Å²) >= 11 is 0. The van der Waals surface area contributed by atoms with Crippen molar-refractivity contribution < 1.29 is 9.53 Å². The van der Waals surface area contributed by atoms with Gasteiger partial charge in [0.2, 0.25) is 0 Å². The number of carbonyl (C=O) groups excluding carboxylic acids is 1. The van der Waals surface area contributed by atoms with E-state index < -0.39 is 0 Å². The van der Waals surface area contributed by atoms with E-state index in [9.17, 15) is 4.79 Å². The molecule has 24 heavy (non-hydrogen) atoms. The van der Waals surface area contributed by atoms with Gasteiger partial charge in [-0.15, -0.1) is 0 Å². The summed E-state index contributed by atoms with van der Waals surface area (Å²) < 4.78 is 5.93. The molecular formula is C19H29N3O2. The topological polar surface area (TPSA) is 44.8 Å². The standard InChI is InChI=1S/C19H29N3O2/c1-4-16-13-20-17-12-15(6-7-18(17)24-16)19(23)14(3)22-10-8-21(5-2)9-11-22/h6-7,12,14,16,20H,4-5,8-11,13H2,1-3H3. The Balaban J connectivity index is 1.67. The average molecular weight is 331 g/mol. The van der Waals surface area contributed by atoms with Crippen LogP contribution in [-0.2, 0) is 0 Å². The van der Waals surface area contributed by atoms with Gasteiger partial charge in [0.25, 0.3) is 0 Å². The van der Waals surface area contributed by atoms with E-state index in [0.717, 1.165) is 62.7 Å². The number of hydrogen-bond acceptors (Lipinski definition) is 5. The highest BCUT2D eigenvalue weighted by Crippen LogP contribution is 2.31. The number of carbonyl (C=O) groups is 1. The first kappa shape index (κ1) is 17.2. The molecule has 2 heterocycles. The first-order valence-electron chi connectivity index (χ1n) is 9.17. The summed E-state index contributed by atoms with van der Waals surface area (Å²) in [4.78, 5) is 17.6. The van der Waals surface area contributed by atoms with E-state index in [4.69, 9.17) is 4.74 Å². The number of hydrogen-bond donors (Lipinski definition) is 1. The summed E-state index contributed by atoms with van der Waals surface area (Å²) in [5, 5.41) is 3.39. The number of ketones is 1. The molecule has 0 aliphatic carbocycles. The van der Waals surface area contributed by atoms with Crippen molar-refractivity contribution in [1.29, 1.82) is 0 Å². The van der Waals surface area contributed by atoms with Gasteiger partial charge in [-0.1, -0.05) is 13.8 Å². The molecule has 0 aromatic heterocycles. The van der Waals surface area contributed by atoms with Crippen molar-refractivity contribution in [2.75, 3.05) is 44.6 Å². The van der Waals surface area contributed by atoms with Crippen LogP contribution in [0.4, 0.5) is 5.69 Å². The molecule has 0 saturated carbocycles. The van der Waals surface area contributed by atoms with E-state index in [-0.39, 0.29) is 17.9 Å². The van der Waals surface area contributed by atoms with Crippen LogP contribution in [0, 0.1) is 0 Å². The number of nitrogens with zero attached hydrogens (tertiary/aromatic N) is 2. The third kappa shape index (κ3) is 3.57. The summed E-state index contributed by atoms with van der Waals surface area (Å²) in [6, 6.07) is 5.70. The Morgan fingerprint density at radius 1 is 1.29 bits per heavy atom. The first-order valence-corrected chi connectivity index (χ1v) is 9.17. The number of piperazine rings is 1. The third-order valence-corrected chi connectivity index (χ3v) is 5.31. The Bertz CT molecular complexity index is 582. The van der Waals surface area contributed by atoms with Gasteiger partial charge in [0.15, 0.2) is 5.78 Å². The van der Waals surface area contributed by atoms with Gasteiger partial charge in [-0.3, -0.25) is 9.69 Å². The van der Waals surface area contributed by atoms with Crippen LogP contribution in [0.5, 0.6) is 5.75 Å². The quantitative estimate of drug-likeness (QED) is 0.840. The third-order valence-electron chi connectivity index (χ3n) is 5.31. The van der Waals surface area contributed by atoms with Crippen LogP contribution in [0.2, 0.25) is 0 Å². The highest BCUT2D eigenvalue weighted by Gasteiger charge is 2.27. The van der Waals surface area contributed by atoms with Crippen molar-refractivity contribution in [3.05, 3.63) is 23.8 Å². The largest absolute Gasteiger partial charge is 0.486 e. The molecule has 0 bridgehead atoms. The van der Waals surface area contributed by atoms with E-state index in [1.165, 1.54) is 0 Å². The van der Waals surface area contributed by atoms with Crippen molar-refractivity contribution in [1.82, 2.24) is 9.80 Å². The number of rotatable bonds is 5.